The van der Waals surface area contributed by atoms with Gasteiger partial charge >= 0.3 is 0 Å². The van der Waals surface area contributed by atoms with Crippen molar-refractivity contribution in [3.63, 3.8) is 0 Å². The van der Waals surface area contributed by atoms with Crippen molar-refractivity contribution >= 4 is 73.9 Å². The fourth-order valence-corrected chi connectivity index (χ4v) is 7.30. The third-order valence-corrected chi connectivity index (χ3v) is 10.2. The number of benzene rings is 4. The number of hydrogen-bond donors (Lipinski definition) is 1. The number of unbranched alkanes of at least 4 members (excludes halogenated alkanes) is 1. The number of nitrogens with one attached hydrogen (secondary N) is 1. The summed E-state index contributed by atoms with van der Waals surface area (Å²) in [5, 5.41) is 3.90. The minimum Gasteiger partial charge on any atom is -0.354 e. The van der Waals surface area contributed by atoms with E-state index >= 15 is 0 Å². The van der Waals surface area contributed by atoms with Crippen LogP contribution in [-0.2, 0) is 32.6 Å². The minimum atomic E-state index is -4.31. The van der Waals surface area contributed by atoms with Gasteiger partial charge < -0.3 is 10.2 Å². The van der Waals surface area contributed by atoms with Gasteiger partial charge in [-0.25, -0.2) is 8.42 Å². The van der Waals surface area contributed by atoms with Crippen LogP contribution < -0.4 is 9.62 Å². The van der Waals surface area contributed by atoms with Crippen LogP contribution in [0, 0.1) is 0 Å². The van der Waals surface area contributed by atoms with Gasteiger partial charge in [0.1, 0.15) is 12.6 Å². The Balaban J connectivity index is 1.84. The maximum Gasteiger partial charge on any atom is 0.264 e. The van der Waals surface area contributed by atoms with E-state index in [2.05, 4.69) is 5.32 Å². The fourth-order valence-electron chi connectivity index (χ4n) is 4.85. The highest BCUT2D eigenvalue weighted by atomic mass is 35.5. The standard InChI is InChI=1S/C34H33Cl4N3O4S/c1-2-3-17-39-34(43)32(18-24-11-6-4-7-12-24)40(22-29-30(37)15-10-16-31(29)38)33(42)23-41(27-20-25(35)19-26(36)21-27)46(44,45)28-13-8-5-9-14-28/h4-16,19-21,32H,2-3,17-18,22-23H2,1H3,(H,39,43)/t32-/m1/s1. The van der Waals surface area contributed by atoms with Crippen molar-refractivity contribution in [2.75, 3.05) is 17.4 Å². The molecule has 12 heteroatoms. The van der Waals surface area contributed by atoms with E-state index in [1.165, 1.54) is 35.2 Å². The largest absolute Gasteiger partial charge is 0.354 e. The summed E-state index contributed by atoms with van der Waals surface area (Å²) < 4.78 is 29.1. The van der Waals surface area contributed by atoms with Crippen molar-refractivity contribution in [2.45, 2.75) is 43.7 Å². The Morgan fingerprint density at radius 1 is 0.804 bits per heavy atom. The van der Waals surface area contributed by atoms with E-state index in [1.54, 1.807) is 36.4 Å². The Morgan fingerprint density at radius 3 is 1.98 bits per heavy atom. The average Bonchev–Trinajstić information content (AvgIpc) is 3.03. The topological polar surface area (TPSA) is 86.8 Å². The molecule has 4 aromatic rings. The smallest absolute Gasteiger partial charge is 0.264 e. The third-order valence-electron chi connectivity index (χ3n) is 7.24. The van der Waals surface area contributed by atoms with Gasteiger partial charge in [0.05, 0.1) is 10.6 Å². The summed E-state index contributed by atoms with van der Waals surface area (Å²) in [5.41, 5.74) is 1.30. The van der Waals surface area contributed by atoms with Crippen LogP contribution in [0.15, 0.2) is 102 Å². The highest BCUT2D eigenvalue weighted by Crippen LogP contribution is 2.31. The van der Waals surface area contributed by atoms with Crippen LogP contribution in [0.1, 0.15) is 30.9 Å². The molecule has 0 radical (unpaired) electrons. The first-order valence-electron chi connectivity index (χ1n) is 14.6. The molecule has 7 nitrogen and oxygen atoms in total. The average molecular weight is 722 g/mol. The zero-order valence-electron chi connectivity index (χ0n) is 25.0. The molecule has 0 unspecified atom stereocenters. The fraction of sp³-hybridized carbons (Fsp3) is 0.235. The normalized spacial score (nSPS) is 11.9. The van der Waals surface area contributed by atoms with Crippen molar-refractivity contribution in [3.05, 3.63) is 128 Å². The maximum absolute atomic E-state index is 14.6. The summed E-state index contributed by atoms with van der Waals surface area (Å²) in [6.07, 6.45) is 1.75. The van der Waals surface area contributed by atoms with Crippen LogP contribution in [0.3, 0.4) is 0 Å². The number of rotatable bonds is 14. The molecule has 0 aliphatic carbocycles. The lowest BCUT2D eigenvalue weighted by atomic mass is 10.0. The van der Waals surface area contributed by atoms with Crippen LogP contribution in [0.25, 0.3) is 0 Å². The van der Waals surface area contributed by atoms with Crippen molar-refractivity contribution in [1.82, 2.24) is 10.2 Å². The molecule has 0 heterocycles. The summed E-state index contributed by atoms with van der Waals surface area (Å²) in [6.45, 7) is 1.58. The highest BCUT2D eigenvalue weighted by molar-refractivity contribution is 7.92. The number of carbonyl (C=O) groups is 2. The van der Waals surface area contributed by atoms with E-state index < -0.39 is 34.4 Å². The molecule has 4 rings (SSSR count). The molecular formula is C34H33Cl4N3O4S. The van der Waals surface area contributed by atoms with Gasteiger partial charge in [0.2, 0.25) is 11.8 Å². The molecule has 1 atom stereocenters. The molecule has 0 aliphatic rings. The molecule has 0 aliphatic heterocycles. The first-order chi connectivity index (χ1) is 22.0. The summed E-state index contributed by atoms with van der Waals surface area (Å²) >= 11 is 25.7. The lowest BCUT2D eigenvalue weighted by Gasteiger charge is -2.34. The van der Waals surface area contributed by atoms with Crippen molar-refractivity contribution < 1.29 is 18.0 Å². The first-order valence-corrected chi connectivity index (χ1v) is 17.5. The molecular weight excluding hydrogens is 688 g/mol. The summed E-state index contributed by atoms with van der Waals surface area (Å²) in [4.78, 5) is 29.7. The van der Waals surface area contributed by atoms with E-state index in [-0.39, 0.29) is 33.6 Å². The summed E-state index contributed by atoms with van der Waals surface area (Å²) in [5.74, 6) is -1.06. The Hall–Kier alpha value is -3.27. The first kappa shape index (κ1) is 35.6. The molecule has 0 fully saturated rings. The second-order valence-electron chi connectivity index (χ2n) is 10.5. The number of anilines is 1. The van der Waals surface area contributed by atoms with Gasteiger partial charge in [0, 0.05) is 45.2 Å². The van der Waals surface area contributed by atoms with Crippen molar-refractivity contribution in [2.24, 2.45) is 0 Å². The van der Waals surface area contributed by atoms with Gasteiger partial charge in [-0.3, -0.25) is 13.9 Å². The number of hydrogen-bond acceptors (Lipinski definition) is 4. The Labute approximate surface area is 290 Å². The van der Waals surface area contributed by atoms with Gasteiger partial charge in [-0.2, -0.15) is 0 Å². The number of sulfonamides is 1. The van der Waals surface area contributed by atoms with Gasteiger partial charge in [0.15, 0.2) is 0 Å². The lowest BCUT2D eigenvalue weighted by molar-refractivity contribution is -0.140. The van der Waals surface area contributed by atoms with E-state index in [0.29, 0.717) is 22.2 Å². The molecule has 46 heavy (non-hydrogen) atoms. The van der Waals surface area contributed by atoms with Crippen LogP contribution in [0.2, 0.25) is 20.1 Å². The molecule has 0 spiro atoms. The molecule has 242 valence electrons. The quantitative estimate of drug-likeness (QED) is 0.134. The maximum atomic E-state index is 14.6. The molecule has 1 N–H and O–H groups in total. The van der Waals surface area contributed by atoms with Crippen molar-refractivity contribution in [1.29, 1.82) is 0 Å². The van der Waals surface area contributed by atoms with Crippen LogP contribution in [-0.4, -0.2) is 44.3 Å². The minimum absolute atomic E-state index is 0.0438. The zero-order valence-corrected chi connectivity index (χ0v) is 28.8. The predicted molar refractivity (Wildman–Crippen MR) is 186 cm³/mol. The van der Waals surface area contributed by atoms with E-state index in [9.17, 15) is 18.0 Å². The number of halogens is 4. The van der Waals surface area contributed by atoms with Crippen molar-refractivity contribution in [3.8, 4) is 0 Å². The Kier molecular flexibility index (Phi) is 12.8. The zero-order chi connectivity index (χ0) is 33.3. The molecule has 0 bridgehead atoms. The highest BCUT2D eigenvalue weighted by Gasteiger charge is 2.35. The van der Waals surface area contributed by atoms with Crippen LogP contribution in [0.5, 0.6) is 0 Å². The SMILES string of the molecule is CCCCNC(=O)[C@@H](Cc1ccccc1)N(Cc1c(Cl)cccc1Cl)C(=O)CN(c1cc(Cl)cc(Cl)c1)S(=O)(=O)c1ccccc1. The van der Waals surface area contributed by atoms with Gasteiger partial charge in [-0.05, 0) is 54.4 Å². The second-order valence-corrected chi connectivity index (χ2v) is 14.1. The molecule has 2 amide bonds. The Morgan fingerprint density at radius 2 is 1.39 bits per heavy atom. The number of carbonyl (C=O) groups excluding carboxylic acids is 2. The van der Waals surface area contributed by atoms with E-state index in [0.717, 1.165) is 22.7 Å². The second kappa shape index (κ2) is 16.5. The number of nitrogens with zero attached hydrogens (tertiary/aromatic N) is 2. The van der Waals surface area contributed by atoms with Crippen LogP contribution >= 0.6 is 46.4 Å². The summed E-state index contributed by atoms with van der Waals surface area (Å²) in [7, 11) is -4.31. The molecule has 0 saturated heterocycles. The monoisotopic (exact) mass is 719 g/mol. The molecule has 0 aromatic heterocycles. The number of amides is 2. The third kappa shape index (κ3) is 9.17. The predicted octanol–water partition coefficient (Wildman–Crippen LogP) is 8.05. The van der Waals surface area contributed by atoms with E-state index in [4.69, 9.17) is 46.4 Å². The van der Waals surface area contributed by atoms with Gasteiger partial charge in [-0.1, -0.05) is 114 Å². The Bertz CT molecular complexity index is 1720. The van der Waals surface area contributed by atoms with Crippen LogP contribution in [0.4, 0.5) is 5.69 Å². The lowest BCUT2D eigenvalue weighted by Crippen LogP contribution is -2.53. The van der Waals surface area contributed by atoms with Gasteiger partial charge in [0.25, 0.3) is 10.0 Å². The molecule has 0 saturated carbocycles. The molecule has 4 aromatic carbocycles. The summed E-state index contributed by atoms with van der Waals surface area (Å²) in [6, 6.07) is 25.2. The van der Waals surface area contributed by atoms with Gasteiger partial charge in [-0.15, -0.1) is 0 Å². The van der Waals surface area contributed by atoms with E-state index in [1.807, 2.05) is 37.3 Å².